The maximum atomic E-state index is 13.1. The first-order valence-corrected chi connectivity index (χ1v) is 9.39. The van der Waals surface area contributed by atoms with Crippen molar-refractivity contribution in [2.24, 2.45) is 11.8 Å². The molecule has 1 aromatic heterocycles. The normalized spacial score (nSPS) is 26.4. The molecule has 1 saturated carbocycles. The lowest BCUT2D eigenvalue weighted by atomic mass is 10.1. The van der Waals surface area contributed by atoms with Gasteiger partial charge in [-0.25, -0.2) is 0 Å². The van der Waals surface area contributed by atoms with Crippen molar-refractivity contribution in [1.29, 1.82) is 0 Å². The van der Waals surface area contributed by atoms with Crippen LogP contribution in [0.3, 0.4) is 0 Å². The molecule has 136 valence electrons. The Morgan fingerprint density at radius 3 is 2.88 bits per heavy atom. The molecule has 3 aliphatic rings. The standard InChI is InChI=1S/C19H26N2O4/c22-18-9-15(11-20(18)10-14-5-6-14)19(23)21(12-16-3-1-7-24-16)13-17-4-2-8-25-17/h1,3,7,14-15,17H,2,4-6,8-13H2/t15-,17-/m1/s1. The average Bonchev–Trinajstić information content (AvgIpc) is 2.99. The molecule has 0 bridgehead atoms. The fourth-order valence-corrected chi connectivity index (χ4v) is 3.84. The first-order valence-electron chi connectivity index (χ1n) is 9.39. The third kappa shape index (κ3) is 4.06. The number of nitrogens with zero attached hydrogens (tertiary/aromatic N) is 2. The molecule has 2 atom stereocenters. The Labute approximate surface area is 148 Å². The predicted octanol–water partition coefficient (Wildman–Crippen LogP) is 2.05. The topological polar surface area (TPSA) is 63.0 Å². The number of furan rings is 1. The third-order valence-corrected chi connectivity index (χ3v) is 5.43. The Morgan fingerprint density at radius 1 is 1.32 bits per heavy atom. The molecule has 6 nitrogen and oxygen atoms in total. The second-order valence-corrected chi connectivity index (χ2v) is 7.58. The van der Waals surface area contributed by atoms with Gasteiger partial charge in [0.2, 0.25) is 11.8 Å². The van der Waals surface area contributed by atoms with Crippen LogP contribution in [0.15, 0.2) is 22.8 Å². The van der Waals surface area contributed by atoms with Crippen molar-refractivity contribution in [2.45, 2.75) is 44.8 Å². The van der Waals surface area contributed by atoms with Crippen molar-refractivity contribution in [3.05, 3.63) is 24.2 Å². The quantitative estimate of drug-likeness (QED) is 0.758. The summed E-state index contributed by atoms with van der Waals surface area (Å²) in [4.78, 5) is 29.1. The zero-order chi connectivity index (χ0) is 17.2. The molecule has 3 heterocycles. The molecule has 3 fully saturated rings. The average molecular weight is 346 g/mol. The highest BCUT2D eigenvalue weighted by atomic mass is 16.5. The van der Waals surface area contributed by atoms with Gasteiger partial charge in [-0.3, -0.25) is 9.59 Å². The van der Waals surface area contributed by atoms with Crippen molar-refractivity contribution in [1.82, 2.24) is 9.80 Å². The van der Waals surface area contributed by atoms with Crippen LogP contribution in [0.4, 0.5) is 0 Å². The number of hydrogen-bond acceptors (Lipinski definition) is 4. The van der Waals surface area contributed by atoms with Crippen LogP contribution in [0.2, 0.25) is 0 Å². The first-order chi connectivity index (χ1) is 12.2. The lowest BCUT2D eigenvalue weighted by Gasteiger charge is -2.27. The number of hydrogen-bond donors (Lipinski definition) is 0. The summed E-state index contributed by atoms with van der Waals surface area (Å²) < 4.78 is 11.1. The van der Waals surface area contributed by atoms with Crippen LogP contribution < -0.4 is 0 Å². The summed E-state index contributed by atoms with van der Waals surface area (Å²) in [5.74, 6) is 1.37. The molecule has 6 heteroatoms. The van der Waals surface area contributed by atoms with Gasteiger partial charge in [0.15, 0.2) is 0 Å². The molecular weight excluding hydrogens is 320 g/mol. The van der Waals surface area contributed by atoms with E-state index in [1.54, 1.807) is 6.26 Å². The van der Waals surface area contributed by atoms with Crippen LogP contribution in [-0.4, -0.2) is 54.0 Å². The van der Waals surface area contributed by atoms with Gasteiger partial charge in [0, 0.05) is 32.7 Å². The van der Waals surface area contributed by atoms with Gasteiger partial charge in [-0.2, -0.15) is 0 Å². The van der Waals surface area contributed by atoms with Crippen molar-refractivity contribution in [2.75, 3.05) is 26.2 Å². The van der Waals surface area contributed by atoms with E-state index in [1.165, 1.54) is 12.8 Å². The Balaban J connectivity index is 1.41. The molecule has 2 saturated heterocycles. The van der Waals surface area contributed by atoms with Gasteiger partial charge in [-0.05, 0) is 43.7 Å². The van der Waals surface area contributed by atoms with Crippen LogP contribution in [-0.2, 0) is 20.9 Å². The molecular formula is C19H26N2O4. The molecule has 25 heavy (non-hydrogen) atoms. The monoisotopic (exact) mass is 346 g/mol. The van der Waals surface area contributed by atoms with Gasteiger partial charge in [-0.15, -0.1) is 0 Å². The minimum absolute atomic E-state index is 0.0542. The number of amides is 2. The van der Waals surface area contributed by atoms with Crippen molar-refractivity contribution in [3.63, 3.8) is 0 Å². The number of rotatable bonds is 7. The van der Waals surface area contributed by atoms with E-state index >= 15 is 0 Å². The minimum atomic E-state index is -0.234. The van der Waals surface area contributed by atoms with Crippen molar-refractivity contribution < 1.29 is 18.7 Å². The van der Waals surface area contributed by atoms with E-state index < -0.39 is 0 Å². The summed E-state index contributed by atoms with van der Waals surface area (Å²) in [6, 6.07) is 3.72. The molecule has 4 rings (SSSR count). The fraction of sp³-hybridized carbons (Fsp3) is 0.684. The third-order valence-electron chi connectivity index (χ3n) is 5.43. The number of carbonyl (C=O) groups is 2. The Morgan fingerprint density at radius 2 is 2.20 bits per heavy atom. The van der Waals surface area contributed by atoms with Crippen LogP contribution in [0.5, 0.6) is 0 Å². The van der Waals surface area contributed by atoms with Gasteiger partial charge in [0.05, 0.1) is 24.8 Å². The van der Waals surface area contributed by atoms with E-state index in [-0.39, 0.29) is 23.8 Å². The molecule has 0 unspecified atom stereocenters. The zero-order valence-corrected chi connectivity index (χ0v) is 14.6. The number of carbonyl (C=O) groups excluding carboxylic acids is 2. The summed E-state index contributed by atoms with van der Waals surface area (Å²) >= 11 is 0. The number of likely N-dealkylation sites (tertiary alicyclic amines) is 1. The number of ether oxygens (including phenoxy) is 1. The van der Waals surface area contributed by atoms with E-state index in [0.29, 0.717) is 32.0 Å². The van der Waals surface area contributed by atoms with Crippen LogP contribution >= 0.6 is 0 Å². The van der Waals surface area contributed by atoms with E-state index in [4.69, 9.17) is 9.15 Å². The van der Waals surface area contributed by atoms with E-state index in [2.05, 4.69) is 0 Å². The highest BCUT2D eigenvalue weighted by molar-refractivity contribution is 5.89. The van der Waals surface area contributed by atoms with Crippen LogP contribution in [0, 0.1) is 11.8 Å². The smallest absolute Gasteiger partial charge is 0.228 e. The highest BCUT2D eigenvalue weighted by Crippen LogP contribution is 2.32. The van der Waals surface area contributed by atoms with Gasteiger partial charge in [0.25, 0.3) is 0 Å². The van der Waals surface area contributed by atoms with E-state index in [1.807, 2.05) is 21.9 Å². The second-order valence-electron chi connectivity index (χ2n) is 7.58. The summed E-state index contributed by atoms with van der Waals surface area (Å²) in [5, 5.41) is 0. The zero-order valence-electron chi connectivity index (χ0n) is 14.6. The SMILES string of the molecule is O=C1C[C@@H](C(=O)N(Cc2ccco2)C[C@H]2CCCO2)CN1CC1CC1. The Bertz CT molecular complexity index is 605. The molecule has 0 spiro atoms. The lowest BCUT2D eigenvalue weighted by molar-refractivity contribution is -0.138. The van der Waals surface area contributed by atoms with E-state index in [9.17, 15) is 9.59 Å². The lowest BCUT2D eigenvalue weighted by Crippen LogP contribution is -2.41. The molecule has 1 aliphatic carbocycles. The summed E-state index contributed by atoms with van der Waals surface area (Å²) in [6.45, 7) is 3.18. The van der Waals surface area contributed by atoms with Gasteiger partial charge >= 0.3 is 0 Å². The van der Waals surface area contributed by atoms with Gasteiger partial charge in [0.1, 0.15) is 5.76 Å². The Kier molecular flexibility index (Phi) is 4.79. The molecule has 1 aromatic rings. The van der Waals surface area contributed by atoms with Crippen molar-refractivity contribution in [3.8, 4) is 0 Å². The summed E-state index contributed by atoms with van der Waals surface area (Å²) in [5.41, 5.74) is 0. The van der Waals surface area contributed by atoms with Crippen molar-refractivity contribution >= 4 is 11.8 Å². The second kappa shape index (κ2) is 7.20. The molecule has 2 aliphatic heterocycles. The van der Waals surface area contributed by atoms with Crippen LogP contribution in [0.1, 0.15) is 37.9 Å². The fourth-order valence-electron chi connectivity index (χ4n) is 3.84. The molecule has 0 radical (unpaired) electrons. The maximum absolute atomic E-state index is 13.1. The summed E-state index contributed by atoms with van der Waals surface area (Å²) in [6.07, 6.45) is 6.52. The maximum Gasteiger partial charge on any atom is 0.228 e. The molecule has 2 amide bonds. The first kappa shape index (κ1) is 16.6. The molecule has 0 N–H and O–H groups in total. The largest absolute Gasteiger partial charge is 0.467 e. The highest BCUT2D eigenvalue weighted by Gasteiger charge is 2.39. The van der Waals surface area contributed by atoms with E-state index in [0.717, 1.165) is 31.8 Å². The Hall–Kier alpha value is -1.82. The van der Waals surface area contributed by atoms with Crippen LogP contribution in [0.25, 0.3) is 0 Å². The molecule has 0 aromatic carbocycles. The van der Waals surface area contributed by atoms with Gasteiger partial charge in [-0.1, -0.05) is 0 Å². The minimum Gasteiger partial charge on any atom is -0.467 e. The van der Waals surface area contributed by atoms with Gasteiger partial charge < -0.3 is 19.0 Å². The summed E-state index contributed by atoms with van der Waals surface area (Å²) in [7, 11) is 0. The predicted molar refractivity (Wildman–Crippen MR) is 90.5 cm³/mol.